The van der Waals surface area contributed by atoms with E-state index in [0.717, 1.165) is 5.76 Å². The molecule has 0 radical (unpaired) electrons. The van der Waals surface area contributed by atoms with Crippen molar-refractivity contribution in [1.29, 1.82) is 0 Å². The average molecular weight is 495 g/mol. The number of hydrogen-bond donors (Lipinski definition) is 2. The number of nitrogens with zero attached hydrogens (tertiary/aromatic N) is 2. The maximum absolute atomic E-state index is 13.7. The van der Waals surface area contributed by atoms with Gasteiger partial charge in [-0.3, -0.25) is 4.99 Å². The summed E-state index contributed by atoms with van der Waals surface area (Å²) >= 11 is 6.02. The summed E-state index contributed by atoms with van der Waals surface area (Å²) in [6, 6.07) is 4.68. The molecule has 0 aliphatic rings. The lowest BCUT2D eigenvalue weighted by molar-refractivity contribution is 0.379. The van der Waals surface area contributed by atoms with Crippen LogP contribution in [0.5, 0.6) is 0 Å². The van der Waals surface area contributed by atoms with Gasteiger partial charge in [0.25, 0.3) is 0 Å². The zero-order valence-corrected chi connectivity index (χ0v) is 18.5. The molecule has 0 aliphatic carbocycles. The molecule has 0 saturated heterocycles. The highest BCUT2D eigenvalue weighted by Crippen LogP contribution is 2.22. The minimum Gasteiger partial charge on any atom is -0.443 e. The molecule has 0 saturated carbocycles. The van der Waals surface area contributed by atoms with E-state index in [4.69, 9.17) is 16.0 Å². The van der Waals surface area contributed by atoms with Gasteiger partial charge >= 0.3 is 0 Å². The lowest BCUT2D eigenvalue weighted by atomic mass is 9.94. The van der Waals surface area contributed by atoms with E-state index in [-0.39, 0.29) is 35.2 Å². The molecule has 1 heterocycles. The second kappa shape index (κ2) is 10.1. The second-order valence-corrected chi connectivity index (χ2v) is 7.08. The van der Waals surface area contributed by atoms with Crippen LogP contribution in [0.3, 0.4) is 0 Å². The third-order valence-corrected chi connectivity index (χ3v) is 4.01. The van der Waals surface area contributed by atoms with E-state index in [9.17, 15) is 4.39 Å². The Morgan fingerprint density at radius 2 is 2.04 bits per heavy atom. The van der Waals surface area contributed by atoms with E-state index < -0.39 is 0 Å². The molecule has 0 bridgehead atoms. The van der Waals surface area contributed by atoms with Gasteiger partial charge in [-0.2, -0.15) is 0 Å². The molecular weight excluding hydrogens is 470 g/mol. The van der Waals surface area contributed by atoms with Crippen molar-refractivity contribution in [3.8, 4) is 0 Å². The summed E-state index contributed by atoms with van der Waals surface area (Å²) in [5, 5.41) is 6.68. The standard InChI is InChI=1S/C18H24ClFN4O.HI/c1-18(2,3)15-10-23-16(25-15)11-24-17(21-4)22-9-8-12-13(19)6-5-7-14(12)20;/h5-7,10H,8-9,11H2,1-4H3,(H2,21,22,24);1H. The van der Waals surface area contributed by atoms with E-state index in [0.29, 0.717) is 41.9 Å². The molecule has 8 heteroatoms. The quantitative estimate of drug-likeness (QED) is 0.370. The van der Waals surface area contributed by atoms with Crippen LogP contribution >= 0.6 is 35.6 Å². The number of aromatic nitrogens is 1. The molecule has 0 aliphatic heterocycles. The number of guanidine groups is 1. The smallest absolute Gasteiger partial charge is 0.213 e. The lowest BCUT2D eigenvalue weighted by Crippen LogP contribution is -2.38. The third kappa shape index (κ3) is 6.42. The Balaban J connectivity index is 0.00000338. The summed E-state index contributed by atoms with van der Waals surface area (Å²) < 4.78 is 19.5. The molecule has 0 amide bonds. The van der Waals surface area contributed by atoms with Gasteiger partial charge in [-0.25, -0.2) is 9.37 Å². The molecule has 2 aromatic rings. The van der Waals surface area contributed by atoms with Crippen LogP contribution in [0.25, 0.3) is 0 Å². The Morgan fingerprint density at radius 1 is 1.31 bits per heavy atom. The van der Waals surface area contributed by atoms with Gasteiger partial charge in [0.15, 0.2) is 5.96 Å². The zero-order chi connectivity index (χ0) is 18.4. The van der Waals surface area contributed by atoms with Crippen molar-refractivity contribution < 1.29 is 8.81 Å². The molecular formula is C18H25ClFIN4O. The Hall–Kier alpha value is -1.35. The van der Waals surface area contributed by atoms with Crippen LogP contribution in [0.1, 0.15) is 38.0 Å². The van der Waals surface area contributed by atoms with E-state index in [1.807, 2.05) is 0 Å². The maximum atomic E-state index is 13.7. The first-order valence-corrected chi connectivity index (χ1v) is 8.51. The highest BCUT2D eigenvalue weighted by Gasteiger charge is 2.19. The zero-order valence-electron chi connectivity index (χ0n) is 15.4. The normalized spacial score (nSPS) is 11.8. The molecule has 0 unspecified atom stereocenters. The van der Waals surface area contributed by atoms with Gasteiger partial charge in [-0.05, 0) is 18.6 Å². The molecule has 1 aromatic heterocycles. The van der Waals surface area contributed by atoms with Crippen LogP contribution in [0, 0.1) is 5.82 Å². The fourth-order valence-electron chi connectivity index (χ4n) is 2.20. The van der Waals surface area contributed by atoms with Crippen LogP contribution in [0.2, 0.25) is 5.02 Å². The molecule has 2 rings (SSSR count). The molecule has 0 atom stereocenters. The van der Waals surface area contributed by atoms with E-state index >= 15 is 0 Å². The topological polar surface area (TPSA) is 62.5 Å². The largest absolute Gasteiger partial charge is 0.443 e. The van der Waals surface area contributed by atoms with Crippen LogP contribution in [-0.4, -0.2) is 24.5 Å². The van der Waals surface area contributed by atoms with Gasteiger partial charge < -0.3 is 15.1 Å². The number of halogens is 3. The minimum atomic E-state index is -0.299. The third-order valence-electron chi connectivity index (χ3n) is 3.65. The van der Waals surface area contributed by atoms with Crippen molar-refractivity contribution >= 4 is 41.5 Å². The number of aliphatic imine (C=N–C) groups is 1. The van der Waals surface area contributed by atoms with Crippen molar-refractivity contribution in [3.05, 3.63) is 52.5 Å². The Kier molecular flexibility index (Phi) is 8.82. The Bertz CT molecular complexity index is 723. The summed E-state index contributed by atoms with van der Waals surface area (Å²) in [6.45, 7) is 7.12. The maximum Gasteiger partial charge on any atom is 0.213 e. The highest BCUT2D eigenvalue weighted by molar-refractivity contribution is 14.0. The summed E-state index contributed by atoms with van der Waals surface area (Å²) in [7, 11) is 1.67. The molecule has 144 valence electrons. The minimum absolute atomic E-state index is 0. The van der Waals surface area contributed by atoms with Crippen molar-refractivity contribution in [2.75, 3.05) is 13.6 Å². The molecule has 2 N–H and O–H groups in total. The van der Waals surface area contributed by atoms with Crippen LogP contribution in [0.4, 0.5) is 4.39 Å². The number of rotatable bonds is 5. The SMILES string of the molecule is CN=C(NCCc1c(F)cccc1Cl)NCc1ncc(C(C)(C)C)o1.I. The van der Waals surface area contributed by atoms with E-state index in [1.165, 1.54) is 6.07 Å². The van der Waals surface area contributed by atoms with Crippen LogP contribution in [-0.2, 0) is 18.4 Å². The first kappa shape index (κ1) is 22.7. The van der Waals surface area contributed by atoms with E-state index in [1.54, 1.807) is 25.4 Å². The van der Waals surface area contributed by atoms with E-state index in [2.05, 4.69) is 41.4 Å². The number of oxazole rings is 1. The van der Waals surface area contributed by atoms with Gasteiger partial charge in [0.2, 0.25) is 5.89 Å². The first-order chi connectivity index (χ1) is 11.8. The summed E-state index contributed by atoms with van der Waals surface area (Å²) in [5.41, 5.74) is 0.416. The predicted molar refractivity (Wildman–Crippen MR) is 114 cm³/mol. The molecule has 1 aromatic carbocycles. The van der Waals surface area contributed by atoms with Crippen LogP contribution in [0.15, 0.2) is 33.8 Å². The number of hydrogen-bond acceptors (Lipinski definition) is 3. The second-order valence-electron chi connectivity index (χ2n) is 6.67. The van der Waals surface area contributed by atoms with Crippen molar-refractivity contribution in [2.24, 2.45) is 4.99 Å². The monoisotopic (exact) mass is 494 g/mol. The van der Waals surface area contributed by atoms with Crippen molar-refractivity contribution in [1.82, 2.24) is 15.6 Å². The van der Waals surface area contributed by atoms with Crippen molar-refractivity contribution in [2.45, 2.75) is 39.2 Å². The average Bonchev–Trinajstić information content (AvgIpc) is 3.02. The molecule has 0 fully saturated rings. The summed E-state index contributed by atoms with van der Waals surface area (Å²) in [6.07, 6.45) is 2.20. The van der Waals surface area contributed by atoms with Crippen LogP contribution < -0.4 is 10.6 Å². The predicted octanol–water partition coefficient (Wildman–Crippen LogP) is 4.29. The van der Waals surface area contributed by atoms with Gasteiger partial charge in [0.05, 0.1) is 12.7 Å². The molecule has 26 heavy (non-hydrogen) atoms. The molecule has 5 nitrogen and oxygen atoms in total. The lowest BCUT2D eigenvalue weighted by Gasteiger charge is -2.13. The van der Waals surface area contributed by atoms with Gasteiger partial charge in [0, 0.05) is 29.6 Å². The summed E-state index contributed by atoms with van der Waals surface area (Å²) in [5.74, 6) is 1.71. The Labute approximate surface area is 175 Å². The summed E-state index contributed by atoms with van der Waals surface area (Å²) in [4.78, 5) is 8.39. The Morgan fingerprint density at radius 3 is 2.62 bits per heavy atom. The van der Waals surface area contributed by atoms with Gasteiger partial charge in [-0.1, -0.05) is 38.4 Å². The first-order valence-electron chi connectivity index (χ1n) is 8.14. The number of nitrogens with one attached hydrogen (secondary N) is 2. The fraction of sp³-hybridized carbons (Fsp3) is 0.444. The van der Waals surface area contributed by atoms with Gasteiger partial charge in [0.1, 0.15) is 11.6 Å². The molecule has 0 spiro atoms. The van der Waals surface area contributed by atoms with Gasteiger partial charge in [-0.15, -0.1) is 24.0 Å². The number of benzene rings is 1. The highest BCUT2D eigenvalue weighted by atomic mass is 127. The fourth-order valence-corrected chi connectivity index (χ4v) is 2.45. The van der Waals surface area contributed by atoms with Crippen molar-refractivity contribution in [3.63, 3.8) is 0 Å².